The average Bonchev–Trinajstić information content (AvgIpc) is 2.51. The average molecular weight is 185 g/mol. The summed E-state index contributed by atoms with van der Waals surface area (Å²) in [4.78, 5) is 0. The highest BCUT2D eigenvalue weighted by atomic mass is 35.5. The van der Waals surface area contributed by atoms with E-state index in [1.165, 1.54) is 0 Å². The predicted octanol–water partition coefficient (Wildman–Crippen LogP) is 0.959. The lowest BCUT2D eigenvalue weighted by Gasteiger charge is -2.08. The molecule has 0 aliphatic carbocycles. The van der Waals surface area contributed by atoms with Gasteiger partial charge in [0.15, 0.2) is 0 Å². The first kappa shape index (κ1) is 9.11. The molecule has 0 spiro atoms. The molecule has 1 N–H and O–H groups in total. The highest BCUT2D eigenvalue weighted by Gasteiger charge is 2.05. The molecular weight excluding hydrogens is 176 g/mol. The second-order valence-electron chi connectivity index (χ2n) is 2.47. The van der Waals surface area contributed by atoms with Gasteiger partial charge in [0.2, 0.25) is 0 Å². The Morgan fingerprint density at radius 1 is 1.75 bits per heavy atom. The van der Waals surface area contributed by atoms with E-state index in [4.69, 9.17) is 16.9 Å². The second-order valence-corrected chi connectivity index (χ2v) is 2.77. The Hall–Kier alpha value is -0.980. The van der Waals surface area contributed by atoms with Crippen molar-refractivity contribution in [1.29, 1.82) is 5.26 Å². The molecule has 64 valence electrons. The molecule has 0 fully saturated rings. The summed E-state index contributed by atoms with van der Waals surface area (Å²) in [6.07, 6.45) is 1.15. The molecule has 0 bridgehead atoms. The molecule has 3 nitrogen and oxygen atoms in total. The lowest BCUT2D eigenvalue weighted by atomic mass is 10.4. The zero-order valence-corrected chi connectivity index (χ0v) is 7.20. The first-order chi connectivity index (χ1) is 5.77. The first-order valence-electron chi connectivity index (χ1n) is 3.57. The Morgan fingerprint density at radius 3 is 3.08 bits per heavy atom. The van der Waals surface area contributed by atoms with Crippen molar-refractivity contribution in [3.8, 4) is 6.07 Å². The van der Waals surface area contributed by atoms with Gasteiger partial charge in [0.1, 0.15) is 11.8 Å². The van der Waals surface area contributed by atoms with Crippen LogP contribution >= 0.6 is 11.6 Å². The number of alkyl halides is 1. The molecule has 1 aromatic heterocycles. The Balaban J connectivity index is 2.69. The van der Waals surface area contributed by atoms with Gasteiger partial charge in [-0.15, -0.1) is 11.6 Å². The fourth-order valence-corrected chi connectivity index (χ4v) is 1.05. The molecular formula is C8H9ClN2O. The monoisotopic (exact) mass is 184 g/mol. The van der Waals surface area contributed by atoms with Gasteiger partial charge in [-0.3, -0.25) is 0 Å². The van der Waals surface area contributed by atoms with Crippen LogP contribution in [0.25, 0.3) is 0 Å². The Morgan fingerprint density at radius 2 is 2.50 bits per heavy atom. The standard InChI is InChI=1S/C8H9ClN2O/c9-4-8(12)6-11-3-1-2-7(11)5-10/h1-3,8,12H,4,6H2. The van der Waals surface area contributed by atoms with E-state index in [2.05, 4.69) is 0 Å². The van der Waals surface area contributed by atoms with Crippen molar-refractivity contribution in [2.75, 3.05) is 5.88 Å². The molecule has 1 unspecified atom stereocenters. The number of aromatic nitrogens is 1. The fraction of sp³-hybridized carbons (Fsp3) is 0.375. The summed E-state index contributed by atoms with van der Waals surface area (Å²) < 4.78 is 1.67. The van der Waals surface area contributed by atoms with Gasteiger partial charge in [-0.1, -0.05) is 0 Å². The number of halogens is 1. The summed E-state index contributed by atoms with van der Waals surface area (Å²) in [7, 11) is 0. The zero-order chi connectivity index (χ0) is 8.97. The maximum Gasteiger partial charge on any atom is 0.120 e. The van der Waals surface area contributed by atoms with Crippen molar-refractivity contribution in [3.63, 3.8) is 0 Å². The van der Waals surface area contributed by atoms with Crippen molar-refractivity contribution < 1.29 is 5.11 Å². The maximum absolute atomic E-state index is 9.19. The van der Waals surface area contributed by atoms with Crippen LogP contribution in [-0.4, -0.2) is 21.7 Å². The Labute approximate surface area is 75.8 Å². The lowest BCUT2D eigenvalue weighted by molar-refractivity contribution is 0.176. The minimum Gasteiger partial charge on any atom is -0.390 e. The zero-order valence-electron chi connectivity index (χ0n) is 6.44. The highest BCUT2D eigenvalue weighted by molar-refractivity contribution is 6.18. The van der Waals surface area contributed by atoms with Crippen LogP contribution in [0.15, 0.2) is 18.3 Å². The van der Waals surface area contributed by atoms with E-state index in [0.29, 0.717) is 12.2 Å². The molecule has 1 atom stereocenters. The van der Waals surface area contributed by atoms with Crippen LogP contribution < -0.4 is 0 Å². The van der Waals surface area contributed by atoms with E-state index in [1.807, 2.05) is 6.07 Å². The Bertz CT molecular complexity index is 289. The van der Waals surface area contributed by atoms with Gasteiger partial charge in [0.25, 0.3) is 0 Å². The van der Waals surface area contributed by atoms with E-state index in [1.54, 1.807) is 22.9 Å². The van der Waals surface area contributed by atoms with Crippen LogP contribution in [0.4, 0.5) is 0 Å². The summed E-state index contributed by atoms with van der Waals surface area (Å²) in [6.45, 7) is 0.374. The molecule has 1 aromatic rings. The SMILES string of the molecule is N#Cc1cccn1CC(O)CCl. The number of rotatable bonds is 3. The molecule has 1 rings (SSSR count). The van der Waals surface area contributed by atoms with Crippen LogP contribution in [0.5, 0.6) is 0 Å². The fourth-order valence-electron chi connectivity index (χ4n) is 0.951. The van der Waals surface area contributed by atoms with Crippen LogP contribution in [0, 0.1) is 11.3 Å². The number of nitriles is 1. The molecule has 12 heavy (non-hydrogen) atoms. The van der Waals surface area contributed by atoms with Crippen LogP contribution in [-0.2, 0) is 6.54 Å². The number of hydrogen-bond donors (Lipinski definition) is 1. The van der Waals surface area contributed by atoms with Gasteiger partial charge in [0.05, 0.1) is 18.5 Å². The Kier molecular flexibility index (Phi) is 3.15. The summed E-state index contributed by atoms with van der Waals surface area (Å²) in [5.74, 6) is 0.184. The maximum atomic E-state index is 9.19. The third-order valence-corrected chi connectivity index (χ3v) is 1.89. The largest absolute Gasteiger partial charge is 0.390 e. The van der Waals surface area contributed by atoms with E-state index in [0.717, 1.165) is 0 Å². The van der Waals surface area contributed by atoms with Gasteiger partial charge >= 0.3 is 0 Å². The van der Waals surface area contributed by atoms with Crippen molar-refractivity contribution in [1.82, 2.24) is 4.57 Å². The molecule has 0 saturated carbocycles. The van der Waals surface area contributed by atoms with Crippen molar-refractivity contribution in [3.05, 3.63) is 24.0 Å². The predicted molar refractivity (Wildman–Crippen MR) is 45.9 cm³/mol. The quantitative estimate of drug-likeness (QED) is 0.712. The first-order valence-corrected chi connectivity index (χ1v) is 4.10. The molecule has 0 radical (unpaired) electrons. The second kappa shape index (κ2) is 4.15. The summed E-state index contributed by atoms with van der Waals surface area (Å²) in [5, 5.41) is 17.8. The lowest BCUT2D eigenvalue weighted by Crippen LogP contribution is -2.17. The normalized spacial score (nSPS) is 12.4. The van der Waals surface area contributed by atoms with Crippen molar-refractivity contribution >= 4 is 11.6 Å². The van der Waals surface area contributed by atoms with E-state index in [9.17, 15) is 5.11 Å². The number of hydrogen-bond acceptors (Lipinski definition) is 2. The minimum atomic E-state index is -0.592. The topological polar surface area (TPSA) is 49.0 Å². The smallest absolute Gasteiger partial charge is 0.120 e. The van der Waals surface area contributed by atoms with Gasteiger partial charge < -0.3 is 9.67 Å². The summed E-state index contributed by atoms with van der Waals surface area (Å²) >= 11 is 5.42. The highest BCUT2D eigenvalue weighted by Crippen LogP contribution is 2.02. The van der Waals surface area contributed by atoms with Gasteiger partial charge in [-0.2, -0.15) is 5.26 Å². The molecule has 0 saturated heterocycles. The van der Waals surface area contributed by atoms with E-state index in [-0.39, 0.29) is 5.88 Å². The summed E-state index contributed by atoms with van der Waals surface area (Å²) in [6, 6.07) is 5.47. The number of nitrogens with zero attached hydrogens (tertiary/aromatic N) is 2. The number of aliphatic hydroxyl groups excluding tert-OH is 1. The molecule has 0 amide bonds. The molecule has 0 aromatic carbocycles. The van der Waals surface area contributed by atoms with E-state index < -0.39 is 6.10 Å². The van der Waals surface area contributed by atoms with E-state index >= 15 is 0 Å². The summed E-state index contributed by atoms with van der Waals surface area (Å²) in [5.41, 5.74) is 0.541. The van der Waals surface area contributed by atoms with Crippen molar-refractivity contribution in [2.24, 2.45) is 0 Å². The van der Waals surface area contributed by atoms with Crippen LogP contribution in [0.1, 0.15) is 5.69 Å². The van der Waals surface area contributed by atoms with Crippen LogP contribution in [0.2, 0.25) is 0 Å². The van der Waals surface area contributed by atoms with Gasteiger partial charge in [0, 0.05) is 6.20 Å². The molecule has 1 heterocycles. The van der Waals surface area contributed by atoms with Crippen molar-refractivity contribution in [2.45, 2.75) is 12.6 Å². The third-order valence-electron chi connectivity index (χ3n) is 1.53. The third kappa shape index (κ3) is 2.00. The van der Waals surface area contributed by atoms with Gasteiger partial charge in [-0.05, 0) is 12.1 Å². The molecule has 0 aliphatic heterocycles. The minimum absolute atomic E-state index is 0.184. The molecule has 0 aliphatic rings. The molecule has 4 heteroatoms. The van der Waals surface area contributed by atoms with Crippen LogP contribution in [0.3, 0.4) is 0 Å². The number of aliphatic hydroxyl groups is 1. The van der Waals surface area contributed by atoms with Gasteiger partial charge in [-0.25, -0.2) is 0 Å².